The number of carbonyl (C=O) groups excluding carboxylic acids is 1. The zero-order chi connectivity index (χ0) is 9.84. The van der Waals surface area contributed by atoms with E-state index in [2.05, 4.69) is 5.43 Å². The Bertz CT molecular complexity index is 215. The first kappa shape index (κ1) is 10.6. The highest BCUT2D eigenvalue weighted by atomic mass is 32.2. The van der Waals surface area contributed by atoms with E-state index in [1.807, 2.05) is 0 Å². The molecule has 1 rings (SSSR count). The van der Waals surface area contributed by atoms with Gasteiger partial charge < -0.3 is 4.55 Å². The van der Waals surface area contributed by atoms with Gasteiger partial charge in [-0.1, -0.05) is 0 Å². The average molecular weight is 206 g/mol. The van der Waals surface area contributed by atoms with Gasteiger partial charge in [0.15, 0.2) is 0 Å². The number of nitrogens with zero attached hydrogens (tertiary/aromatic N) is 1. The van der Waals surface area contributed by atoms with Crippen LogP contribution >= 0.6 is 0 Å². The van der Waals surface area contributed by atoms with Gasteiger partial charge in [-0.15, -0.1) is 0 Å². The summed E-state index contributed by atoms with van der Waals surface area (Å²) in [5.41, 5.74) is 2.07. The molecule has 1 fully saturated rings. The average Bonchev–Trinajstić information content (AvgIpc) is 2.17. The van der Waals surface area contributed by atoms with Crippen LogP contribution in [0.5, 0.6) is 0 Å². The van der Waals surface area contributed by atoms with Crippen molar-refractivity contribution in [3.05, 3.63) is 0 Å². The minimum atomic E-state index is -2.16. The third kappa shape index (κ3) is 2.73. The van der Waals surface area contributed by atoms with Crippen LogP contribution in [0.25, 0.3) is 0 Å². The van der Waals surface area contributed by atoms with Crippen molar-refractivity contribution in [2.24, 2.45) is 11.8 Å². The fourth-order valence-corrected chi connectivity index (χ4v) is 1.89. The van der Waals surface area contributed by atoms with Gasteiger partial charge in [-0.3, -0.25) is 14.4 Å². The van der Waals surface area contributed by atoms with Crippen molar-refractivity contribution in [3.63, 3.8) is 0 Å². The second-order valence-corrected chi connectivity index (χ2v) is 3.88. The number of amides is 1. The van der Waals surface area contributed by atoms with E-state index in [1.165, 1.54) is 4.31 Å². The third-order valence-electron chi connectivity index (χ3n) is 2.18. The maximum atomic E-state index is 11.0. The Morgan fingerprint density at radius 3 is 2.46 bits per heavy atom. The van der Waals surface area contributed by atoms with Crippen LogP contribution in [0.2, 0.25) is 0 Å². The molecule has 0 spiro atoms. The lowest BCUT2D eigenvalue weighted by Crippen LogP contribution is -2.43. The first-order valence-electron chi connectivity index (χ1n) is 4.00. The highest BCUT2D eigenvalue weighted by Crippen LogP contribution is 2.17. The molecule has 3 N–H and O–H groups in total. The predicted octanol–water partition coefficient (Wildman–Crippen LogP) is -1.52. The quantitative estimate of drug-likeness (QED) is 0.248. The summed E-state index contributed by atoms with van der Waals surface area (Å²) < 4.78 is 22.3. The summed E-state index contributed by atoms with van der Waals surface area (Å²) >= 11 is -2.16. The molecule has 1 aliphatic heterocycles. The third-order valence-corrected chi connectivity index (χ3v) is 2.96. The second-order valence-electron chi connectivity index (χ2n) is 2.93. The molecule has 1 aliphatic rings. The molecule has 0 bridgehead atoms. The van der Waals surface area contributed by atoms with Crippen molar-refractivity contribution in [1.82, 2.24) is 9.73 Å². The Labute approximate surface area is 78.9 Å². The smallest absolute Gasteiger partial charge is 0.237 e. The number of hydrogen-bond donors (Lipinski definition) is 2. The van der Waals surface area contributed by atoms with Gasteiger partial charge in [-0.05, 0) is 12.8 Å². The number of rotatable bonds is 2. The Balaban J connectivity index is 2.39. The van der Waals surface area contributed by atoms with Gasteiger partial charge in [0.2, 0.25) is 5.91 Å². The second kappa shape index (κ2) is 4.66. The molecular weight excluding hydrogens is 194 g/mol. The van der Waals surface area contributed by atoms with E-state index in [1.54, 1.807) is 0 Å². The van der Waals surface area contributed by atoms with Crippen molar-refractivity contribution in [2.45, 2.75) is 12.8 Å². The molecule has 7 heteroatoms. The fourth-order valence-electron chi connectivity index (χ4n) is 1.38. The molecule has 1 amide bonds. The standard InChI is InChI=1S/C6H13N3O3S/c7-8-6(10)5-1-3-9(4-2-5)13(11)12/h5H,1-4,7H2,(H,8,10)(H,11,12)/p-1. The largest absolute Gasteiger partial charge is 0.760 e. The summed E-state index contributed by atoms with van der Waals surface area (Å²) in [5, 5.41) is 0. The lowest BCUT2D eigenvalue weighted by atomic mass is 9.98. The van der Waals surface area contributed by atoms with E-state index >= 15 is 0 Å². The van der Waals surface area contributed by atoms with Gasteiger partial charge in [0.05, 0.1) is 0 Å². The van der Waals surface area contributed by atoms with Crippen LogP contribution in [-0.4, -0.2) is 32.1 Å². The molecule has 0 aromatic carbocycles. The van der Waals surface area contributed by atoms with Crippen LogP contribution in [0, 0.1) is 5.92 Å². The normalized spacial score (nSPS) is 22.6. The Kier molecular flexibility index (Phi) is 3.79. The SMILES string of the molecule is NNC(=O)C1CCN(S(=O)[O-])CC1. The van der Waals surface area contributed by atoms with Gasteiger partial charge in [0.25, 0.3) is 0 Å². The van der Waals surface area contributed by atoms with Crippen molar-refractivity contribution in [1.29, 1.82) is 0 Å². The van der Waals surface area contributed by atoms with Crippen molar-refractivity contribution >= 4 is 17.2 Å². The first-order valence-corrected chi connectivity index (χ1v) is 5.03. The maximum Gasteiger partial charge on any atom is 0.237 e. The van der Waals surface area contributed by atoms with Crippen LogP contribution in [0.3, 0.4) is 0 Å². The molecule has 6 nitrogen and oxygen atoms in total. The lowest BCUT2D eigenvalue weighted by molar-refractivity contribution is -0.126. The van der Waals surface area contributed by atoms with Crippen LogP contribution in [0.4, 0.5) is 0 Å². The zero-order valence-corrected chi connectivity index (χ0v) is 7.88. The summed E-state index contributed by atoms with van der Waals surface area (Å²) in [6.45, 7) is 0.794. The minimum Gasteiger partial charge on any atom is -0.760 e. The topological polar surface area (TPSA) is 98.5 Å². The van der Waals surface area contributed by atoms with Crippen LogP contribution in [-0.2, 0) is 16.1 Å². The molecule has 0 radical (unpaired) electrons. The van der Waals surface area contributed by atoms with Crippen molar-refractivity contribution in [2.75, 3.05) is 13.1 Å². The highest BCUT2D eigenvalue weighted by Gasteiger charge is 2.24. The minimum absolute atomic E-state index is 0.148. The van der Waals surface area contributed by atoms with Gasteiger partial charge in [-0.2, -0.15) is 0 Å². The summed E-state index contributed by atoms with van der Waals surface area (Å²) in [5.74, 6) is 4.60. The van der Waals surface area contributed by atoms with E-state index < -0.39 is 11.3 Å². The monoisotopic (exact) mass is 206 g/mol. The van der Waals surface area contributed by atoms with Gasteiger partial charge >= 0.3 is 0 Å². The summed E-state index contributed by atoms with van der Waals surface area (Å²) in [7, 11) is 0. The van der Waals surface area contributed by atoms with Crippen LogP contribution < -0.4 is 11.3 Å². The van der Waals surface area contributed by atoms with E-state index in [4.69, 9.17) is 5.84 Å². The fraction of sp³-hybridized carbons (Fsp3) is 0.833. The predicted molar refractivity (Wildman–Crippen MR) is 45.5 cm³/mol. The molecule has 1 heterocycles. The van der Waals surface area contributed by atoms with Gasteiger partial charge in [-0.25, -0.2) is 10.1 Å². The van der Waals surface area contributed by atoms with Crippen molar-refractivity contribution in [3.8, 4) is 0 Å². The number of piperidine rings is 1. The molecule has 13 heavy (non-hydrogen) atoms. The Morgan fingerprint density at radius 2 is 2.08 bits per heavy atom. The number of carbonyl (C=O) groups is 1. The van der Waals surface area contributed by atoms with E-state index in [0.29, 0.717) is 25.9 Å². The molecular formula is C6H12N3O3S-. The summed E-state index contributed by atoms with van der Waals surface area (Å²) in [4.78, 5) is 11.0. The first-order chi connectivity index (χ1) is 6.15. The van der Waals surface area contributed by atoms with Crippen LogP contribution in [0.15, 0.2) is 0 Å². The molecule has 76 valence electrons. The molecule has 1 saturated heterocycles. The zero-order valence-electron chi connectivity index (χ0n) is 7.06. The molecule has 0 saturated carbocycles. The van der Waals surface area contributed by atoms with Gasteiger partial charge in [0.1, 0.15) is 0 Å². The number of hydrazine groups is 1. The lowest BCUT2D eigenvalue weighted by Gasteiger charge is -2.31. The number of nitrogens with two attached hydrogens (primary N) is 1. The molecule has 0 aliphatic carbocycles. The van der Waals surface area contributed by atoms with E-state index in [9.17, 15) is 13.6 Å². The summed E-state index contributed by atoms with van der Waals surface area (Å²) in [6.07, 6.45) is 1.08. The van der Waals surface area contributed by atoms with E-state index in [0.717, 1.165) is 0 Å². The molecule has 1 atom stereocenters. The van der Waals surface area contributed by atoms with E-state index in [-0.39, 0.29) is 11.8 Å². The number of hydrogen-bond acceptors (Lipinski definition) is 4. The highest BCUT2D eigenvalue weighted by molar-refractivity contribution is 7.76. The van der Waals surface area contributed by atoms with Gasteiger partial charge in [0, 0.05) is 30.3 Å². The Morgan fingerprint density at radius 1 is 1.54 bits per heavy atom. The van der Waals surface area contributed by atoms with Crippen LogP contribution in [0.1, 0.15) is 12.8 Å². The molecule has 1 unspecified atom stereocenters. The maximum absolute atomic E-state index is 11.0. The Hall–Kier alpha value is -0.500. The number of nitrogens with one attached hydrogen (secondary N) is 1. The summed E-state index contributed by atoms with van der Waals surface area (Å²) in [6, 6.07) is 0. The van der Waals surface area contributed by atoms with Crippen molar-refractivity contribution < 1.29 is 13.6 Å². The molecule has 0 aromatic heterocycles. The molecule has 0 aromatic rings.